The van der Waals surface area contributed by atoms with Crippen LogP contribution in [0.5, 0.6) is 0 Å². The van der Waals surface area contributed by atoms with Gasteiger partial charge in [0.2, 0.25) is 0 Å². The minimum atomic E-state index is -3.64. The average Bonchev–Trinajstić information content (AvgIpc) is 2.68. The first-order valence-corrected chi connectivity index (χ1v) is 7.36. The third kappa shape index (κ3) is 3.09. The van der Waals surface area contributed by atoms with Crippen LogP contribution in [0.4, 0.5) is 0 Å². The molecule has 0 atom stereocenters. The molecule has 7 nitrogen and oxygen atoms in total. The number of pyridine rings is 1. The molecule has 1 aliphatic heterocycles. The number of hydrogen-bond acceptors (Lipinski definition) is 5. The van der Waals surface area contributed by atoms with Crippen molar-refractivity contribution in [1.82, 2.24) is 14.6 Å². The highest BCUT2D eigenvalue weighted by Gasteiger charge is 2.26. The van der Waals surface area contributed by atoms with Crippen LogP contribution in [0.1, 0.15) is 16.8 Å². The van der Waals surface area contributed by atoms with Crippen LogP contribution in [0.25, 0.3) is 0 Å². The zero-order chi connectivity index (χ0) is 13.9. The van der Waals surface area contributed by atoms with Crippen molar-refractivity contribution in [1.29, 1.82) is 0 Å². The fourth-order valence-corrected chi connectivity index (χ4v) is 3.24. The summed E-state index contributed by atoms with van der Waals surface area (Å²) in [6.07, 6.45) is 1.80. The molecule has 0 saturated carbocycles. The Morgan fingerprint density at radius 1 is 1.32 bits per heavy atom. The van der Waals surface area contributed by atoms with Crippen molar-refractivity contribution in [2.45, 2.75) is 11.4 Å². The van der Waals surface area contributed by atoms with Crippen LogP contribution in [0.3, 0.4) is 0 Å². The van der Waals surface area contributed by atoms with E-state index in [1.165, 1.54) is 16.4 Å². The summed E-state index contributed by atoms with van der Waals surface area (Å²) < 4.78 is 26.0. The van der Waals surface area contributed by atoms with Crippen molar-refractivity contribution in [2.24, 2.45) is 0 Å². The number of nitrogens with one attached hydrogen (secondary N) is 1. The van der Waals surface area contributed by atoms with Crippen LogP contribution < -0.4 is 5.32 Å². The number of carboxylic acids is 1. The quantitative estimate of drug-likeness (QED) is 0.795. The number of carbonyl (C=O) groups is 1. The Morgan fingerprint density at radius 3 is 2.74 bits per heavy atom. The van der Waals surface area contributed by atoms with Crippen molar-refractivity contribution in [3.63, 3.8) is 0 Å². The maximum Gasteiger partial charge on any atom is 0.337 e. The molecule has 1 aromatic rings. The standard InChI is InChI=1S/C11H15N3O4S/c15-11(16)9-2-3-10(13-8-9)19(17,18)14-6-1-4-12-5-7-14/h2-3,8,12H,1,4-7H2,(H,15,16). The number of aromatic nitrogens is 1. The second-order valence-corrected chi connectivity index (χ2v) is 6.08. The van der Waals surface area contributed by atoms with E-state index in [1.807, 2.05) is 0 Å². The number of aromatic carboxylic acids is 1. The molecule has 1 saturated heterocycles. The predicted molar refractivity (Wildman–Crippen MR) is 67.4 cm³/mol. The zero-order valence-electron chi connectivity index (χ0n) is 10.2. The number of sulfonamides is 1. The van der Waals surface area contributed by atoms with Gasteiger partial charge in [0.05, 0.1) is 5.56 Å². The number of rotatable bonds is 3. The molecule has 2 heterocycles. The molecule has 1 aliphatic rings. The molecule has 0 spiro atoms. The van der Waals surface area contributed by atoms with Gasteiger partial charge < -0.3 is 10.4 Å². The summed E-state index contributed by atoms with van der Waals surface area (Å²) in [5.74, 6) is -1.13. The van der Waals surface area contributed by atoms with E-state index in [-0.39, 0.29) is 10.6 Å². The normalized spacial score (nSPS) is 17.9. The predicted octanol–water partition coefficient (Wildman–Crippen LogP) is -0.236. The van der Waals surface area contributed by atoms with Crippen LogP contribution in [-0.2, 0) is 10.0 Å². The lowest BCUT2D eigenvalue weighted by atomic mass is 10.3. The van der Waals surface area contributed by atoms with E-state index in [2.05, 4.69) is 10.3 Å². The summed E-state index contributed by atoms with van der Waals surface area (Å²) in [6, 6.07) is 2.48. The fourth-order valence-electron chi connectivity index (χ4n) is 1.85. The Hall–Kier alpha value is -1.51. The summed E-state index contributed by atoms with van der Waals surface area (Å²) in [6.45, 7) is 2.23. The van der Waals surface area contributed by atoms with Crippen LogP contribution in [0.2, 0.25) is 0 Å². The van der Waals surface area contributed by atoms with Gasteiger partial charge in [0.15, 0.2) is 5.03 Å². The van der Waals surface area contributed by atoms with Gasteiger partial charge in [-0.3, -0.25) is 0 Å². The molecule has 0 unspecified atom stereocenters. The molecule has 0 radical (unpaired) electrons. The molecule has 0 bridgehead atoms. The van der Waals surface area contributed by atoms with Gasteiger partial charge in [0, 0.05) is 25.8 Å². The van der Waals surface area contributed by atoms with Crippen molar-refractivity contribution in [2.75, 3.05) is 26.2 Å². The number of carboxylic acid groups (broad SMARTS) is 1. The van der Waals surface area contributed by atoms with Gasteiger partial charge in [-0.25, -0.2) is 18.2 Å². The molecular formula is C11H15N3O4S. The van der Waals surface area contributed by atoms with Crippen LogP contribution in [-0.4, -0.2) is 55.0 Å². The van der Waals surface area contributed by atoms with Gasteiger partial charge in [-0.05, 0) is 25.1 Å². The largest absolute Gasteiger partial charge is 0.478 e. The smallest absolute Gasteiger partial charge is 0.337 e. The third-order valence-corrected chi connectivity index (χ3v) is 4.70. The summed E-state index contributed by atoms with van der Waals surface area (Å²) in [4.78, 5) is 14.4. The lowest BCUT2D eigenvalue weighted by Crippen LogP contribution is -2.34. The van der Waals surface area contributed by atoms with Gasteiger partial charge in [0.25, 0.3) is 10.0 Å². The monoisotopic (exact) mass is 285 g/mol. The van der Waals surface area contributed by atoms with Crippen molar-refractivity contribution in [3.05, 3.63) is 23.9 Å². The van der Waals surface area contributed by atoms with Crippen LogP contribution in [0.15, 0.2) is 23.4 Å². The zero-order valence-corrected chi connectivity index (χ0v) is 11.1. The maximum atomic E-state index is 12.3. The van der Waals surface area contributed by atoms with E-state index < -0.39 is 16.0 Å². The highest BCUT2D eigenvalue weighted by Crippen LogP contribution is 2.14. The van der Waals surface area contributed by atoms with E-state index in [0.717, 1.165) is 19.2 Å². The Labute approximate surface area is 111 Å². The van der Waals surface area contributed by atoms with E-state index in [4.69, 9.17) is 5.11 Å². The molecule has 2 N–H and O–H groups in total. The highest BCUT2D eigenvalue weighted by atomic mass is 32.2. The molecule has 104 valence electrons. The van der Waals surface area contributed by atoms with Gasteiger partial charge in [-0.15, -0.1) is 0 Å². The molecule has 8 heteroatoms. The Kier molecular flexibility index (Phi) is 4.13. The summed E-state index contributed by atoms with van der Waals surface area (Å²) in [7, 11) is -3.64. The summed E-state index contributed by atoms with van der Waals surface area (Å²) in [5, 5.41) is 11.8. The highest BCUT2D eigenvalue weighted by molar-refractivity contribution is 7.89. The first kappa shape index (κ1) is 13.9. The minimum Gasteiger partial charge on any atom is -0.478 e. The van der Waals surface area contributed by atoms with Gasteiger partial charge in [-0.1, -0.05) is 0 Å². The maximum absolute atomic E-state index is 12.3. The van der Waals surface area contributed by atoms with Gasteiger partial charge >= 0.3 is 5.97 Å². The number of nitrogens with zero attached hydrogens (tertiary/aromatic N) is 2. The fraction of sp³-hybridized carbons (Fsp3) is 0.455. The van der Waals surface area contributed by atoms with Crippen molar-refractivity contribution in [3.8, 4) is 0 Å². The molecule has 0 amide bonds. The summed E-state index contributed by atoms with van der Waals surface area (Å²) in [5.41, 5.74) is -0.0310. The van der Waals surface area contributed by atoms with Crippen molar-refractivity contribution < 1.29 is 18.3 Å². The topological polar surface area (TPSA) is 99.6 Å². The third-order valence-electron chi connectivity index (χ3n) is 2.89. The van der Waals surface area contributed by atoms with Crippen LogP contribution in [0, 0.1) is 0 Å². The van der Waals surface area contributed by atoms with Gasteiger partial charge in [0.1, 0.15) is 0 Å². The molecule has 19 heavy (non-hydrogen) atoms. The molecule has 0 aliphatic carbocycles. The number of hydrogen-bond donors (Lipinski definition) is 2. The van der Waals surface area contributed by atoms with E-state index in [1.54, 1.807) is 0 Å². The molecule has 1 aromatic heterocycles. The summed E-state index contributed by atoms with van der Waals surface area (Å²) >= 11 is 0. The van der Waals surface area contributed by atoms with E-state index in [0.29, 0.717) is 19.6 Å². The lowest BCUT2D eigenvalue weighted by Gasteiger charge is -2.18. The van der Waals surface area contributed by atoms with E-state index in [9.17, 15) is 13.2 Å². The molecule has 2 rings (SSSR count). The first-order valence-electron chi connectivity index (χ1n) is 5.92. The molecule has 0 aromatic carbocycles. The SMILES string of the molecule is O=C(O)c1ccc(S(=O)(=O)N2CCCNCC2)nc1. The second-order valence-electron chi connectivity index (χ2n) is 4.20. The minimum absolute atomic E-state index is 0.0310. The average molecular weight is 285 g/mol. The Balaban J connectivity index is 2.25. The Bertz CT molecular complexity index is 548. The molecule has 1 fully saturated rings. The second kappa shape index (κ2) is 5.64. The Morgan fingerprint density at radius 2 is 2.11 bits per heavy atom. The first-order chi connectivity index (χ1) is 9.01. The van der Waals surface area contributed by atoms with Crippen LogP contribution >= 0.6 is 0 Å². The lowest BCUT2D eigenvalue weighted by molar-refractivity contribution is 0.0696. The molecular weight excluding hydrogens is 270 g/mol. The van der Waals surface area contributed by atoms with Crippen molar-refractivity contribution >= 4 is 16.0 Å². The van der Waals surface area contributed by atoms with Gasteiger partial charge in [-0.2, -0.15) is 4.31 Å². The van der Waals surface area contributed by atoms with E-state index >= 15 is 0 Å².